The van der Waals surface area contributed by atoms with Crippen LogP contribution < -0.4 is 4.74 Å². The summed E-state index contributed by atoms with van der Waals surface area (Å²) in [5, 5.41) is 0. The van der Waals surface area contributed by atoms with Crippen LogP contribution in [0.15, 0.2) is 54.6 Å². The largest absolute Gasteiger partial charge is 0.489 e. The van der Waals surface area contributed by atoms with Crippen molar-refractivity contribution < 1.29 is 9.53 Å². The van der Waals surface area contributed by atoms with Gasteiger partial charge in [-0.3, -0.25) is 0 Å². The van der Waals surface area contributed by atoms with E-state index in [2.05, 4.69) is 15.9 Å². The van der Waals surface area contributed by atoms with E-state index in [4.69, 9.17) is 4.74 Å². The first-order valence-electron chi connectivity index (χ1n) is 5.66. The summed E-state index contributed by atoms with van der Waals surface area (Å²) < 4.78 is 5.76. The summed E-state index contributed by atoms with van der Waals surface area (Å²) >= 11 is 3.31. The molecule has 2 aromatic rings. The van der Waals surface area contributed by atoms with E-state index < -0.39 is 0 Å². The molecule has 0 heterocycles. The van der Waals surface area contributed by atoms with Crippen LogP contribution in [0.1, 0.15) is 16.0 Å². The molecule has 0 aliphatic rings. The fourth-order valence-corrected chi connectivity index (χ4v) is 2.03. The Hall–Kier alpha value is -1.61. The first-order chi connectivity index (χ1) is 8.81. The molecule has 0 aliphatic carbocycles. The smallest absolute Gasteiger partial charge is 0.138 e. The van der Waals surface area contributed by atoms with E-state index in [0.29, 0.717) is 6.61 Å². The first-order valence-corrected chi connectivity index (χ1v) is 6.58. The highest BCUT2D eigenvalue weighted by molar-refractivity contribution is 9.09. The van der Waals surface area contributed by atoms with Crippen molar-refractivity contribution in [3.63, 3.8) is 0 Å². The molecule has 92 valence electrons. The average molecular weight is 305 g/mol. The van der Waals surface area contributed by atoms with Crippen LogP contribution >= 0.6 is 15.9 Å². The number of ether oxygens (including phenoxy) is 1. The number of carbonyl (C=O) groups excluding carboxylic acids is 1. The van der Waals surface area contributed by atoms with E-state index in [0.717, 1.165) is 23.2 Å². The van der Waals surface area contributed by atoms with Gasteiger partial charge in [0.25, 0.3) is 0 Å². The Kier molecular flexibility index (Phi) is 4.53. The normalized spacial score (nSPS) is 11.8. The SMILES string of the molecule is O=CC(Br)c1ccccc1OCc1ccccc1. The summed E-state index contributed by atoms with van der Waals surface area (Å²) in [7, 11) is 0. The van der Waals surface area contributed by atoms with Crippen LogP contribution in [0.25, 0.3) is 0 Å². The maximum atomic E-state index is 10.8. The molecule has 0 saturated carbocycles. The van der Waals surface area contributed by atoms with Gasteiger partial charge in [-0.1, -0.05) is 64.5 Å². The summed E-state index contributed by atoms with van der Waals surface area (Å²) in [4.78, 5) is 10.5. The minimum Gasteiger partial charge on any atom is -0.489 e. The molecule has 18 heavy (non-hydrogen) atoms. The molecule has 0 aliphatic heterocycles. The van der Waals surface area contributed by atoms with Gasteiger partial charge in [0.15, 0.2) is 0 Å². The number of hydrogen-bond acceptors (Lipinski definition) is 2. The van der Waals surface area contributed by atoms with Gasteiger partial charge in [0.2, 0.25) is 0 Å². The van der Waals surface area contributed by atoms with Crippen LogP contribution in [0.2, 0.25) is 0 Å². The molecule has 3 heteroatoms. The molecule has 0 bridgehead atoms. The van der Waals surface area contributed by atoms with Gasteiger partial charge in [-0.25, -0.2) is 0 Å². The van der Waals surface area contributed by atoms with E-state index in [1.807, 2.05) is 54.6 Å². The zero-order valence-corrected chi connectivity index (χ0v) is 11.3. The van der Waals surface area contributed by atoms with E-state index in [1.54, 1.807) is 0 Å². The number of benzene rings is 2. The third-order valence-corrected chi connectivity index (χ3v) is 3.28. The van der Waals surface area contributed by atoms with Gasteiger partial charge in [0, 0.05) is 5.56 Å². The second-order valence-corrected chi connectivity index (χ2v) is 4.84. The highest BCUT2D eigenvalue weighted by atomic mass is 79.9. The van der Waals surface area contributed by atoms with Crippen molar-refractivity contribution in [2.24, 2.45) is 0 Å². The van der Waals surface area contributed by atoms with Crippen LogP contribution in [0.5, 0.6) is 5.75 Å². The summed E-state index contributed by atoms with van der Waals surface area (Å²) in [6.45, 7) is 0.496. The van der Waals surface area contributed by atoms with Crippen LogP contribution in [0.4, 0.5) is 0 Å². The molecule has 0 saturated heterocycles. The van der Waals surface area contributed by atoms with Gasteiger partial charge in [-0.15, -0.1) is 0 Å². The Labute approximate surface area is 115 Å². The number of halogens is 1. The summed E-state index contributed by atoms with van der Waals surface area (Å²) in [6.07, 6.45) is 0.852. The van der Waals surface area contributed by atoms with Crippen molar-refractivity contribution in [3.8, 4) is 5.75 Å². The zero-order valence-electron chi connectivity index (χ0n) is 9.75. The lowest BCUT2D eigenvalue weighted by Crippen LogP contribution is -2.00. The van der Waals surface area contributed by atoms with Crippen molar-refractivity contribution in [3.05, 3.63) is 65.7 Å². The molecular formula is C15H13BrO2. The highest BCUT2D eigenvalue weighted by Crippen LogP contribution is 2.29. The zero-order chi connectivity index (χ0) is 12.8. The lowest BCUT2D eigenvalue weighted by atomic mass is 10.1. The number of rotatable bonds is 5. The van der Waals surface area contributed by atoms with Crippen LogP contribution in [-0.4, -0.2) is 6.29 Å². The molecule has 2 aromatic carbocycles. The maximum Gasteiger partial charge on any atom is 0.138 e. The topological polar surface area (TPSA) is 26.3 Å². The molecule has 1 atom stereocenters. The Bertz CT molecular complexity index is 511. The second-order valence-electron chi connectivity index (χ2n) is 3.85. The minimum atomic E-state index is -0.329. The Balaban J connectivity index is 2.12. The number of aldehydes is 1. The Morgan fingerprint density at radius 1 is 1.06 bits per heavy atom. The predicted octanol–water partition coefficient (Wildman–Crippen LogP) is 3.90. The van der Waals surface area contributed by atoms with Crippen LogP contribution in [0.3, 0.4) is 0 Å². The summed E-state index contributed by atoms with van der Waals surface area (Å²) in [5.74, 6) is 0.732. The van der Waals surface area contributed by atoms with Gasteiger partial charge < -0.3 is 9.53 Å². The lowest BCUT2D eigenvalue weighted by Gasteiger charge is -2.12. The molecule has 0 amide bonds. The van der Waals surface area contributed by atoms with E-state index in [1.165, 1.54) is 0 Å². The van der Waals surface area contributed by atoms with E-state index in [9.17, 15) is 4.79 Å². The molecule has 0 spiro atoms. The van der Waals surface area contributed by atoms with Gasteiger partial charge >= 0.3 is 0 Å². The van der Waals surface area contributed by atoms with Crippen molar-refractivity contribution >= 4 is 22.2 Å². The molecule has 0 radical (unpaired) electrons. The number of para-hydroxylation sites is 1. The molecule has 1 unspecified atom stereocenters. The average Bonchev–Trinajstić information content (AvgIpc) is 2.45. The standard InChI is InChI=1S/C15H13BrO2/c16-14(10-17)13-8-4-5-9-15(13)18-11-12-6-2-1-3-7-12/h1-10,14H,11H2. The molecule has 2 rings (SSSR count). The lowest BCUT2D eigenvalue weighted by molar-refractivity contribution is -0.107. The molecule has 2 nitrogen and oxygen atoms in total. The van der Waals surface area contributed by atoms with Crippen LogP contribution in [-0.2, 0) is 11.4 Å². The van der Waals surface area contributed by atoms with Gasteiger partial charge in [-0.2, -0.15) is 0 Å². The van der Waals surface area contributed by atoms with Crippen molar-refractivity contribution in [1.29, 1.82) is 0 Å². The summed E-state index contributed by atoms with van der Waals surface area (Å²) in [6, 6.07) is 17.5. The monoisotopic (exact) mass is 304 g/mol. The third-order valence-electron chi connectivity index (χ3n) is 2.57. The number of alkyl halides is 1. The van der Waals surface area contributed by atoms with Gasteiger partial charge in [0.1, 0.15) is 18.6 Å². The molecule has 0 fully saturated rings. The number of hydrogen-bond donors (Lipinski definition) is 0. The first kappa shape index (κ1) is 12.8. The highest BCUT2D eigenvalue weighted by Gasteiger charge is 2.11. The van der Waals surface area contributed by atoms with Crippen molar-refractivity contribution in [2.45, 2.75) is 11.4 Å². The molecule has 0 N–H and O–H groups in total. The van der Waals surface area contributed by atoms with Crippen molar-refractivity contribution in [1.82, 2.24) is 0 Å². The fraction of sp³-hybridized carbons (Fsp3) is 0.133. The summed E-state index contributed by atoms with van der Waals surface area (Å²) in [5.41, 5.74) is 1.95. The molecular weight excluding hydrogens is 292 g/mol. The second kappa shape index (κ2) is 6.36. The minimum absolute atomic E-state index is 0.329. The maximum absolute atomic E-state index is 10.8. The Morgan fingerprint density at radius 3 is 2.44 bits per heavy atom. The van der Waals surface area contributed by atoms with Gasteiger partial charge in [0.05, 0.1) is 4.83 Å². The fourth-order valence-electron chi connectivity index (χ4n) is 1.65. The van der Waals surface area contributed by atoms with Gasteiger partial charge in [-0.05, 0) is 11.6 Å². The quantitative estimate of drug-likeness (QED) is 0.618. The Morgan fingerprint density at radius 2 is 1.72 bits per heavy atom. The number of carbonyl (C=O) groups is 1. The van der Waals surface area contributed by atoms with Crippen molar-refractivity contribution in [2.75, 3.05) is 0 Å². The van der Waals surface area contributed by atoms with Crippen LogP contribution in [0, 0.1) is 0 Å². The predicted molar refractivity (Wildman–Crippen MR) is 74.9 cm³/mol. The van der Waals surface area contributed by atoms with E-state index in [-0.39, 0.29) is 4.83 Å². The third kappa shape index (κ3) is 3.20. The van der Waals surface area contributed by atoms with E-state index >= 15 is 0 Å². The molecule has 0 aromatic heterocycles.